The number of fused-ring (bicyclic) bond motifs is 1. The molecule has 1 aliphatic rings. The molecule has 1 aromatic heterocycles. The summed E-state index contributed by atoms with van der Waals surface area (Å²) in [5, 5.41) is 12.3. The number of halogens is 1. The Morgan fingerprint density at radius 1 is 1.02 bits per heavy atom. The van der Waals surface area contributed by atoms with Crippen LogP contribution in [0.4, 0.5) is 11.6 Å². The fourth-order valence-electron chi connectivity index (χ4n) is 4.51. The molecule has 0 spiro atoms. The van der Waals surface area contributed by atoms with E-state index in [1.807, 2.05) is 55.5 Å². The number of nitrogens with one attached hydrogen (secondary N) is 2. The Morgan fingerprint density at radius 2 is 1.77 bits per heavy atom. The number of hydrogen-bond acceptors (Lipinski definition) is 8. The van der Waals surface area contributed by atoms with Crippen LogP contribution in [0.1, 0.15) is 24.1 Å². The molecule has 11 heteroatoms. The number of methoxy groups -OCH3 is 3. The minimum atomic E-state index is -0.644. The average molecular weight is 578 g/mol. The summed E-state index contributed by atoms with van der Waals surface area (Å²) < 4.78 is 18.3. The van der Waals surface area contributed by atoms with Gasteiger partial charge in [-0.15, -0.1) is 5.10 Å². The zero-order valence-electron chi connectivity index (χ0n) is 22.4. The van der Waals surface area contributed by atoms with Gasteiger partial charge < -0.3 is 24.8 Å². The first-order chi connectivity index (χ1) is 19.4. The molecule has 3 aromatic carbocycles. The third kappa shape index (κ3) is 5.45. The Balaban J connectivity index is 1.56. The predicted octanol–water partition coefficient (Wildman–Crippen LogP) is 6.18. The standard InChI is InChI=1S/C29H28ClN5O4S/c1-17-25(27(36)32-22-11-7-8-12-23(22)38-3)26(20-14-13-19(37-2)15-24(20)39-4)35-28(31-17)33-29(34-35)40-16-18-9-5-6-10-21(18)30/h5-15,26H,16H2,1-4H3,(H,32,36)(H,31,33,34). The zero-order valence-corrected chi connectivity index (χ0v) is 24.0. The number of aromatic nitrogens is 3. The van der Waals surface area contributed by atoms with E-state index in [0.29, 0.717) is 56.1 Å². The minimum Gasteiger partial charge on any atom is -0.497 e. The van der Waals surface area contributed by atoms with Crippen molar-refractivity contribution in [2.75, 3.05) is 32.0 Å². The fraction of sp³-hybridized carbons (Fsp3) is 0.207. The van der Waals surface area contributed by atoms with Gasteiger partial charge in [0, 0.05) is 28.1 Å². The van der Waals surface area contributed by atoms with Gasteiger partial charge in [0.2, 0.25) is 11.1 Å². The van der Waals surface area contributed by atoms with E-state index in [4.69, 9.17) is 35.9 Å². The summed E-state index contributed by atoms with van der Waals surface area (Å²) in [6.07, 6.45) is 0. The highest BCUT2D eigenvalue weighted by Gasteiger charge is 2.36. The maximum absolute atomic E-state index is 13.9. The molecule has 4 aromatic rings. The molecule has 0 saturated heterocycles. The van der Waals surface area contributed by atoms with E-state index in [1.165, 1.54) is 11.8 Å². The van der Waals surface area contributed by atoms with Gasteiger partial charge in [-0.1, -0.05) is 53.7 Å². The first-order valence-corrected chi connectivity index (χ1v) is 13.8. The van der Waals surface area contributed by atoms with Crippen LogP contribution in [-0.2, 0) is 10.5 Å². The van der Waals surface area contributed by atoms with Crippen LogP contribution in [0.2, 0.25) is 5.02 Å². The number of thioether (sulfide) groups is 1. The molecule has 2 N–H and O–H groups in total. The maximum Gasteiger partial charge on any atom is 0.255 e. The predicted molar refractivity (Wildman–Crippen MR) is 157 cm³/mol. The van der Waals surface area contributed by atoms with Crippen LogP contribution in [0.15, 0.2) is 83.2 Å². The molecule has 0 fully saturated rings. The number of carbonyl (C=O) groups excluding carboxylic acids is 1. The van der Waals surface area contributed by atoms with Crippen molar-refractivity contribution < 1.29 is 19.0 Å². The van der Waals surface area contributed by atoms with E-state index < -0.39 is 6.04 Å². The second-order valence-corrected chi connectivity index (χ2v) is 10.2. The number of anilines is 2. The Morgan fingerprint density at radius 3 is 2.52 bits per heavy atom. The highest BCUT2D eigenvalue weighted by molar-refractivity contribution is 7.98. The topological polar surface area (TPSA) is 99.5 Å². The van der Waals surface area contributed by atoms with E-state index >= 15 is 0 Å². The number of benzene rings is 3. The van der Waals surface area contributed by atoms with Crippen LogP contribution in [0.5, 0.6) is 17.2 Å². The van der Waals surface area contributed by atoms with Crippen molar-refractivity contribution in [3.8, 4) is 17.2 Å². The average Bonchev–Trinajstić information content (AvgIpc) is 3.38. The van der Waals surface area contributed by atoms with Gasteiger partial charge in [0.25, 0.3) is 5.91 Å². The number of carbonyl (C=O) groups is 1. The highest BCUT2D eigenvalue weighted by atomic mass is 35.5. The quantitative estimate of drug-likeness (QED) is 0.228. The molecule has 5 rings (SSSR count). The number of para-hydroxylation sites is 2. The molecule has 0 saturated carbocycles. The van der Waals surface area contributed by atoms with Crippen LogP contribution < -0.4 is 24.8 Å². The van der Waals surface area contributed by atoms with Gasteiger partial charge in [-0.25, -0.2) is 4.68 Å². The molecular formula is C29H28ClN5O4S. The van der Waals surface area contributed by atoms with Crippen LogP contribution in [0.3, 0.4) is 0 Å². The lowest BCUT2D eigenvalue weighted by atomic mass is 9.94. The Kier molecular flexibility index (Phi) is 8.18. The normalized spacial score (nSPS) is 14.3. The summed E-state index contributed by atoms with van der Waals surface area (Å²) in [6.45, 7) is 1.84. The third-order valence-corrected chi connectivity index (χ3v) is 7.74. The maximum atomic E-state index is 13.9. The fourth-order valence-corrected chi connectivity index (χ4v) is 5.63. The summed E-state index contributed by atoms with van der Waals surface area (Å²) in [7, 11) is 4.73. The van der Waals surface area contributed by atoms with Crippen molar-refractivity contribution in [1.29, 1.82) is 0 Å². The highest BCUT2D eigenvalue weighted by Crippen LogP contribution is 2.42. The van der Waals surface area contributed by atoms with Crippen molar-refractivity contribution in [1.82, 2.24) is 14.8 Å². The van der Waals surface area contributed by atoms with Crippen molar-refractivity contribution in [3.63, 3.8) is 0 Å². The second kappa shape index (κ2) is 11.9. The molecule has 40 heavy (non-hydrogen) atoms. The first-order valence-electron chi connectivity index (χ1n) is 12.4. The Labute approximate surface area is 241 Å². The molecular weight excluding hydrogens is 550 g/mol. The van der Waals surface area contributed by atoms with Crippen LogP contribution >= 0.6 is 23.4 Å². The van der Waals surface area contributed by atoms with E-state index in [2.05, 4.69) is 10.6 Å². The third-order valence-electron chi connectivity index (χ3n) is 6.48. The molecule has 1 amide bonds. The van der Waals surface area contributed by atoms with Gasteiger partial charge in [0.15, 0.2) is 0 Å². The van der Waals surface area contributed by atoms with Crippen LogP contribution in [-0.4, -0.2) is 42.0 Å². The number of ether oxygens (including phenoxy) is 3. The summed E-state index contributed by atoms with van der Waals surface area (Å²) in [5.74, 6) is 2.52. The smallest absolute Gasteiger partial charge is 0.255 e. The van der Waals surface area contributed by atoms with Gasteiger partial charge in [-0.3, -0.25) is 4.79 Å². The minimum absolute atomic E-state index is 0.316. The van der Waals surface area contributed by atoms with Crippen molar-refractivity contribution >= 4 is 40.9 Å². The summed E-state index contributed by atoms with van der Waals surface area (Å²) in [4.78, 5) is 18.6. The van der Waals surface area contributed by atoms with E-state index in [1.54, 1.807) is 44.2 Å². The Hall–Kier alpha value is -4.15. The number of hydrogen-bond donors (Lipinski definition) is 2. The lowest BCUT2D eigenvalue weighted by Gasteiger charge is -2.29. The molecule has 0 bridgehead atoms. The lowest BCUT2D eigenvalue weighted by Crippen LogP contribution is -2.31. The molecule has 206 valence electrons. The number of amides is 1. The zero-order chi connectivity index (χ0) is 28.2. The van der Waals surface area contributed by atoms with Gasteiger partial charge in [-0.05, 0) is 42.8 Å². The SMILES string of the molecule is COc1ccc(C2C(C(=O)Nc3ccccc3OC)=C(C)Nc3nc(SCc4ccccc4Cl)nn32)c(OC)c1. The number of allylic oxidation sites excluding steroid dienone is 1. The molecule has 1 unspecified atom stereocenters. The number of nitrogens with zero attached hydrogens (tertiary/aromatic N) is 3. The van der Waals surface area contributed by atoms with Crippen LogP contribution in [0.25, 0.3) is 0 Å². The Bertz CT molecular complexity index is 1590. The summed E-state index contributed by atoms with van der Waals surface area (Å²) >= 11 is 7.82. The molecule has 9 nitrogen and oxygen atoms in total. The molecule has 0 radical (unpaired) electrons. The van der Waals surface area contributed by atoms with Gasteiger partial charge >= 0.3 is 0 Å². The van der Waals surface area contributed by atoms with E-state index in [9.17, 15) is 4.79 Å². The monoisotopic (exact) mass is 577 g/mol. The molecule has 0 aliphatic carbocycles. The van der Waals surface area contributed by atoms with Gasteiger partial charge in [0.1, 0.15) is 23.3 Å². The van der Waals surface area contributed by atoms with Crippen molar-refractivity contribution in [2.24, 2.45) is 0 Å². The molecule has 2 heterocycles. The van der Waals surface area contributed by atoms with E-state index in [-0.39, 0.29) is 5.91 Å². The van der Waals surface area contributed by atoms with Crippen molar-refractivity contribution in [2.45, 2.75) is 23.9 Å². The van der Waals surface area contributed by atoms with Gasteiger partial charge in [0.05, 0.1) is 32.6 Å². The van der Waals surface area contributed by atoms with Crippen molar-refractivity contribution in [3.05, 3.63) is 94.1 Å². The molecule has 1 atom stereocenters. The van der Waals surface area contributed by atoms with Gasteiger partial charge in [-0.2, -0.15) is 4.98 Å². The number of rotatable bonds is 9. The van der Waals surface area contributed by atoms with E-state index in [0.717, 1.165) is 11.1 Å². The largest absolute Gasteiger partial charge is 0.497 e. The van der Waals surface area contributed by atoms with Crippen LogP contribution in [0, 0.1) is 0 Å². The molecule has 1 aliphatic heterocycles. The lowest BCUT2D eigenvalue weighted by molar-refractivity contribution is -0.113. The first kappa shape index (κ1) is 27.4. The summed E-state index contributed by atoms with van der Waals surface area (Å²) in [5.41, 5.74) is 3.35. The second-order valence-electron chi connectivity index (χ2n) is 8.87. The summed E-state index contributed by atoms with van der Waals surface area (Å²) in [6, 6.07) is 19.8.